The molecule has 0 fully saturated rings. The Kier molecular flexibility index (Phi) is 2.37. The number of hydrogen-bond donors (Lipinski definition) is 3. The molecule has 1 unspecified atom stereocenters. The molecular formula is C10H12N2O2. The SMILES string of the molecule is O=C(NO)C1CNc2ccccc2C1. The molecule has 3 N–H and O–H groups in total. The van der Waals surface area contributed by atoms with E-state index < -0.39 is 0 Å². The van der Waals surface area contributed by atoms with Gasteiger partial charge in [0.1, 0.15) is 0 Å². The van der Waals surface area contributed by atoms with E-state index >= 15 is 0 Å². The van der Waals surface area contributed by atoms with Crippen molar-refractivity contribution in [2.24, 2.45) is 5.92 Å². The maximum absolute atomic E-state index is 11.2. The summed E-state index contributed by atoms with van der Waals surface area (Å²) < 4.78 is 0. The Balaban J connectivity index is 2.17. The number of fused-ring (bicyclic) bond motifs is 1. The van der Waals surface area contributed by atoms with Crippen LogP contribution in [0.2, 0.25) is 0 Å². The van der Waals surface area contributed by atoms with Crippen molar-refractivity contribution in [3.05, 3.63) is 29.8 Å². The van der Waals surface area contributed by atoms with Gasteiger partial charge in [-0.05, 0) is 18.1 Å². The lowest BCUT2D eigenvalue weighted by molar-refractivity contribution is -0.133. The van der Waals surface area contributed by atoms with Crippen LogP contribution in [0.15, 0.2) is 24.3 Å². The van der Waals surface area contributed by atoms with Crippen LogP contribution in [0.3, 0.4) is 0 Å². The summed E-state index contributed by atoms with van der Waals surface area (Å²) in [5.41, 5.74) is 3.88. The standard InChI is InChI=1S/C10H12N2O2/c13-10(12-14)8-5-7-3-1-2-4-9(7)11-6-8/h1-4,8,11,14H,5-6H2,(H,12,13). The van der Waals surface area contributed by atoms with E-state index in [-0.39, 0.29) is 11.8 Å². The van der Waals surface area contributed by atoms with E-state index in [1.54, 1.807) is 5.48 Å². The van der Waals surface area contributed by atoms with Crippen molar-refractivity contribution in [2.75, 3.05) is 11.9 Å². The zero-order valence-corrected chi connectivity index (χ0v) is 7.66. The van der Waals surface area contributed by atoms with Crippen molar-refractivity contribution in [3.8, 4) is 0 Å². The van der Waals surface area contributed by atoms with Crippen molar-refractivity contribution in [1.82, 2.24) is 5.48 Å². The Labute approximate surface area is 81.9 Å². The third-order valence-corrected chi connectivity index (χ3v) is 2.50. The summed E-state index contributed by atoms with van der Waals surface area (Å²) in [5, 5.41) is 11.7. The van der Waals surface area contributed by atoms with Crippen molar-refractivity contribution in [2.45, 2.75) is 6.42 Å². The van der Waals surface area contributed by atoms with Gasteiger partial charge in [0.05, 0.1) is 5.92 Å². The van der Waals surface area contributed by atoms with Gasteiger partial charge in [-0.15, -0.1) is 0 Å². The first-order valence-electron chi connectivity index (χ1n) is 4.57. The average Bonchev–Trinajstić information content (AvgIpc) is 2.27. The van der Waals surface area contributed by atoms with Crippen molar-refractivity contribution in [1.29, 1.82) is 0 Å². The Morgan fingerprint density at radius 2 is 2.29 bits per heavy atom. The number of hydrogen-bond acceptors (Lipinski definition) is 3. The highest BCUT2D eigenvalue weighted by Gasteiger charge is 2.23. The lowest BCUT2D eigenvalue weighted by atomic mass is 9.93. The van der Waals surface area contributed by atoms with Crippen LogP contribution >= 0.6 is 0 Å². The van der Waals surface area contributed by atoms with E-state index in [0.29, 0.717) is 13.0 Å². The largest absolute Gasteiger partial charge is 0.384 e. The minimum absolute atomic E-state index is 0.185. The van der Waals surface area contributed by atoms with Crippen LogP contribution in [-0.2, 0) is 11.2 Å². The highest BCUT2D eigenvalue weighted by atomic mass is 16.5. The number of benzene rings is 1. The molecule has 4 nitrogen and oxygen atoms in total. The molecule has 0 saturated carbocycles. The Bertz CT molecular complexity index is 352. The third-order valence-electron chi connectivity index (χ3n) is 2.50. The number of carbonyl (C=O) groups is 1. The third kappa shape index (κ3) is 1.56. The van der Waals surface area contributed by atoms with Gasteiger partial charge in [-0.3, -0.25) is 10.0 Å². The first-order valence-corrected chi connectivity index (χ1v) is 4.57. The quantitative estimate of drug-likeness (QED) is 0.455. The predicted octanol–water partition coefficient (Wildman–Crippen LogP) is 0.776. The summed E-state index contributed by atoms with van der Waals surface area (Å²) in [6.07, 6.45) is 0.676. The molecule has 1 atom stereocenters. The van der Waals surface area contributed by atoms with E-state index in [4.69, 9.17) is 5.21 Å². The Morgan fingerprint density at radius 3 is 3.07 bits per heavy atom. The molecule has 0 saturated heterocycles. The van der Waals surface area contributed by atoms with Gasteiger partial charge in [-0.2, -0.15) is 0 Å². The number of carbonyl (C=O) groups excluding carboxylic acids is 1. The fraction of sp³-hybridized carbons (Fsp3) is 0.300. The van der Waals surface area contributed by atoms with Gasteiger partial charge in [0.15, 0.2) is 0 Å². The summed E-state index contributed by atoms with van der Waals surface area (Å²) in [6, 6.07) is 7.87. The second kappa shape index (κ2) is 3.67. The molecule has 1 amide bonds. The zero-order chi connectivity index (χ0) is 9.97. The van der Waals surface area contributed by atoms with Crippen LogP contribution in [0.5, 0.6) is 0 Å². The lowest BCUT2D eigenvalue weighted by Crippen LogP contribution is -2.36. The normalized spacial score (nSPS) is 19.4. The maximum atomic E-state index is 11.2. The predicted molar refractivity (Wildman–Crippen MR) is 52.1 cm³/mol. The topological polar surface area (TPSA) is 61.4 Å². The minimum Gasteiger partial charge on any atom is -0.384 e. The van der Waals surface area contributed by atoms with Crippen LogP contribution in [0, 0.1) is 5.92 Å². The maximum Gasteiger partial charge on any atom is 0.248 e. The molecular weight excluding hydrogens is 180 g/mol. The van der Waals surface area contributed by atoms with Crippen molar-refractivity contribution < 1.29 is 10.0 Å². The molecule has 1 aliphatic heterocycles. The molecule has 0 radical (unpaired) electrons. The molecule has 74 valence electrons. The molecule has 0 spiro atoms. The summed E-state index contributed by atoms with van der Waals surface area (Å²) >= 11 is 0. The van der Waals surface area contributed by atoms with Crippen LogP contribution in [0.4, 0.5) is 5.69 Å². The fourth-order valence-corrected chi connectivity index (χ4v) is 1.72. The fourth-order valence-electron chi connectivity index (χ4n) is 1.72. The van der Waals surface area contributed by atoms with Gasteiger partial charge < -0.3 is 5.32 Å². The molecule has 0 bridgehead atoms. The second-order valence-electron chi connectivity index (χ2n) is 3.42. The van der Waals surface area contributed by atoms with E-state index in [2.05, 4.69) is 5.32 Å². The summed E-state index contributed by atoms with van der Waals surface area (Å²) in [6.45, 7) is 0.573. The van der Waals surface area contributed by atoms with Gasteiger partial charge in [-0.1, -0.05) is 18.2 Å². The molecule has 1 aliphatic rings. The number of amides is 1. The molecule has 1 heterocycles. The van der Waals surface area contributed by atoms with E-state index in [0.717, 1.165) is 11.3 Å². The van der Waals surface area contributed by atoms with Crippen LogP contribution < -0.4 is 10.8 Å². The summed E-state index contributed by atoms with van der Waals surface area (Å²) in [5.74, 6) is -0.512. The van der Waals surface area contributed by atoms with Crippen molar-refractivity contribution >= 4 is 11.6 Å². The lowest BCUT2D eigenvalue weighted by Gasteiger charge is -2.24. The highest BCUT2D eigenvalue weighted by molar-refractivity contribution is 5.79. The van der Waals surface area contributed by atoms with Gasteiger partial charge in [0.25, 0.3) is 0 Å². The molecule has 14 heavy (non-hydrogen) atoms. The molecule has 1 aromatic carbocycles. The molecule has 0 aromatic heterocycles. The van der Waals surface area contributed by atoms with Crippen LogP contribution in [0.1, 0.15) is 5.56 Å². The van der Waals surface area contributed by atoms with E-state index in [1.165, 1.54) is 0 Å². The van der Waals surface area contributed by atoms with Crippen LogP contribution in [-0.4, -0.2) is 17.7 Å². The highest BCUT2D eigenvalue weighted by Crippen LogP contribution is 2.23. The first kappa shape index (κ1) is 9.02. The van der Waals surface area contributed by atoms with E-state index in [9.17, 15) is 4.79 Å². The monoisotopic (exact) mass is 192 g/mol. The zero-order valence-electron chi connectivity index (χ0n) is 7.66. The number of anilines is 1. The van der Waals surface area contributed by atoms with Crippen LogP contribution in [0.25, 0.3) is 0 Å². The number of rotatable bonds is 1. The Morgan fingerprint density at radius 1 is 1.50 bits per heavy atom. The molecule has 4 heteroatoms. The first-order chi connectivity index (χ1) is 6.81. The smallest absolute Gasteiger partial charge is 0.248 e. The molecule has 2 rings (SSSR count). The van der Waals surface area contributed by atoms with Gasteiger partial charge in [0, 0.05) is 12.2 Å². The summed E-state index contributed by atoms with van der Waals surface area (Å²) in [4.78, 5) is 11.2. The average molecular weight is 192 g/mol. The van der Waals surface area contributed by atoms with Gasteiger partial charge in [0.2, 0.25) is 5.91 Å². The van der Waals surface area contributed by atoms with E-state index in [1.807, 2.05) is 24.3 Å². The number of para-hydroxylation sites is 1. The Hall–Kier alpha value is -1.55. The summed E-state index contributed by atoms with van der Waals surface area (Å²) in [7, 11) is 0. The minimum atomic E-state index is -0.327. The number of nitrogens with one attached hydrogen (secondary N) is 2. The van der Waals surface area contributed by atoms with Gasteiger partial charge in [-0.25, -0.2) is 5.48 Å². The molecule has 1 aromatic rings. The number of hydroxylamine groups is 1. The van der Waals surface area contributed by atoms with Gasteiger partial charge >= 0.3 is 0 Å². The molecule has 0 aliphatic carbocycles. The van der Waals surface area contributed by atoms with Crippen molar-refractivity contribution in [3.63, 3.8) is 0 Å². The second-order valence-corrected chi connectivity index (χ2v) is 3.42.